The monoisotopic (exact) mass is 335 g/mol. The highest BCUT2D eigenvalue weighted by molar-refractivity contribution is 7.80. The van der Waals surface area contributed by atoms with Gasteiger partial charge in [-0.1, -0.05) is 48.5 Å². The van der Waals surface area contributed by atoms with Crippen LogP contribution in [0.3, 0.4) is 0 Å². The van der Waals surface area contributed by atoms with E-state index in [0.717, 1.165) is 27.8 Å². The van der Waals surface area contributed by atoms with Crippen LogP contribution in [0.15, 0.2) is 71.8 Å². The number of methoxy groups -OCH3 is 1. The third kappa shape index (κ3) is 3.70. The molecule has 120 valence electrons. The van der Waals surface area contributed by atoms with Crippen molar-refractivity contribution in [2.75, 3.05) is 12.4 Å². The molecular weight excluding hydrogens is 318 g/mol. The van der Waals surface area contributed by atoms with Crippen molar-refractivity contribution in [1.82, 2.24) is 5.43 Å². The van der Waals surface area contributed by atoms with Crippen molar-refractivity contribution in [3.05, 3.63) is 72.3 Å². The molecule has 5 heteroatoms. The number of rotatable bonds is 4. The first-order valence-electron chi connectivity index (χ1n) is 7.49. The number of benzene rings is 3. The molecule has 0 aromatic heterocycles. The molecule has 0 saturated heterocycles. The zero-order valence-electron chi connectivity index (χ0n) is 13.2. The van der Waals surface area contributed by atoms with Crippen LogP contribution < -0.4 is 15.5 Å². The summed E-state index contributed by atoms with van der Waals surface area (Å²) in [4.78, 5) is 0. The van der Waals surface area contributed by atoms with Gasteiger partial charge in [-0.2, -0.15) is 5.10 Å². The minimum atomic E-state index is 0.427. The molecule has 2 N–H and O–H groups in total. The second-order valence-corrected chi connectivity index (χ2v) is 5.50. The van der Waals surface area contributed by atoms with Crippen LogP contribution in [-0.4, -0.2) is 18.4 Å². The molecule has 24 heavy (non-hydrogen) atoms. The number of hydrogen-bond donors (Lipinski definition) is 2. The summed E-state index contributed by atoms with van der Waals surface area (Å²) in [5.74, 6) is 0.765. The van der Waals surface area contributed by atoms with Gasteiger partial charge in [-0.05, 0) is 41.2 Å². The van der Waals surface area contributed by atoms with Crippen LogP contribution in [0.1, 0.15) is 5.56 Å². The largest absolute Gasteiger partial charge is 0.496 e. The Morgan fingerprint density at radius 3 is 2.54 bits per heavy atom. The van der Waals surface area contributed by atoms with Gasteiger partial charge in [-0.25, -0.2) is 0 Å². The predicted molar refractivity (Wildman–Crippen MR) is 104 cm³/mol. The minimum absolute atomic E-state index is 0.427. The van der Waals surface area contributed by atoms with Gasteiger partial charge >= 0.3 is 0 Å². The van der Waals surface area contributed by atoms with E-state index in [0.29, 0.717) is 5.11 Å². The van der Waals surface area contributed by atoms with Gasteiger partial charge in [0.25, 0.3) is 0 Å². The molecular formula is C19H17N3OS. The number of nitrogens with zero attached hydrogens (tertiary/aromatic N) is 1. The lowest BCUT2D eigenvalue weighted by molar-refractivity contribution is 0.415. The fourth-order valence-corrected chi connectivity index (χ4v) is 2.59. The lowest BCUT2D eigenvalue weighted by atomic mass is 10.0. The lowest BCUT2D eigenvalue weighted by Crippen LogP contribution is -2.23. The molecule has 0 unspecified atom stereocenters. The van der Waals surface area contributed by atoms with Gasteiger partial charge in [0.05, 0.1) is 13.3 Å². The van der Waals surface area contributed by atoms with E-state index in [1.165, 1.54) is 0 Å². The first kappa shape index (κ1) is 16.0. The molecule has 4 nitrogen and oxygen atoms in total. The highest BCUT2D eigenvalue weighted by Gasteiger charge is 2.05. The van der Waals surface area contributed by atoms with E-state index in [1.54, 1.807) is 13.3 Å². The third-order valence-corrected chi connectivity index (χ3v) is 3.74. The van der Waals surface area contributed by atoms with Crippen molar-refractivity contribution >= 4 is 40.0 Å². The van der Waals surface area contributed by atoms with E-state index in [2.05, 4.69) is 21.9 Å². The summed E-state index contributed by atoms with van der Waals surface area (Å²) in [6.45, 7) is 0. The van der Waals surface area contributed by atoms with Crippen LogP contribution in [-0.2, 0) is 0 Å². The van der Waals surface area contributed by atoms with Gasteiger partial charge in [0.2, 0.25) is 0 Å². The number of anilines is 1. The standard InChI is InChI=1S/C19H17N3OS/c1-23-18-12-11-14-7-5-6-10-16(14)17(18)13-20-22-19(24)21-15-8-3-2-4-9-15/h2-13H,1H3,(H2,21,22,24)/b20-13+. The number of para-hydroxylation sites is 1. The Morgan fingerprint density at radius 1 is 1.00 bits per heavy atom. The maximum Gasteiger partial charge on any atom is 0.191 e. The van der Waals surface area contributed by atoms with Gasteiger partial charge in [0, 0.05) is 11.3 Å². The Bertz CT molecular complexity index is 878. The Kier molecular flexibility index (Phi) is 5.03. The summed E-state index contributed by atoms with van der Waals surface area (Å²) in [7, 11) is 1.65. The van der Waals surface area contributed by atoms with E-state index in [1.807, 2.05) is 60.7 Å². The molecule has 0 aliphatic rings. The fraction of sp³-hybridized carbons (Fsp3) is 0.0526. The first-order chi connectivity index (χ1) is 11.8. The third-order valence-electron chi connectivity index (χ3n) is 3.54. The van der Waals surface area contributed by atoms with Crippen LogP contribution in [0.4, 0.5) is 5.69 Å². The molecule has 0 heterocycles. The fourth-order valence-electron chi connectivity index (χ4n) is 2.42. The summed E-state index contributed by atoms with van der Waals surface area (Å²) >= 11 is 5.24. The summed E-state index contributed by atoms with van der Waals surface area (Å²) in [6.07, 6.45) is 1.72. The highest BCUT2D eigenvalue weighted by Crippen LogP contribution is 2.26. The molecule has 0 aliphatic carbocycles. The lowest BCUT2D eigenvalue weighted by Gasteiger charge is -2.09. The van der Waals surface area contributed by atoms with Crippen molar-refractivity contribution in [1.29, 1.82) is 0 Å². The van der Waals surface area contributed by atoms with Crippen LogP contribution in [0.25, 0.3) is 10.8 Å². The van der Waals surface area contributed by atoms with E-state index in [9.17, 15) is 0 Å². The van der Waals surface area contributed by atoms with Crippen molar-refractivity contribution in [2.24, 2.45) is 5.10 Å². The average Bonchev–Trinajstić information content (AvgIpc) is 2.62. The molecule has 3 aromatic carbocycles. The van der Waals surface area contributed by atoms with Crippen molar-refractivity contribution < 1.29 is 4.74 Å². The molecule has 0 radical (unpaired) electrons. The second kappa shape index (κ2) is 7.57. The highest BCUT2D eigenvalue weighted by atomic mass is 32.1. The smallest absolute Gasteiger partial charge is 0.191 e. The van der Waals surface area contributed by atoms with E-state index >= 15 is 0 Å². The topological polar surface area (TPSA) is 45.6 Å². The van der Waals surface area contributed by atoms with Crippen molar-refractivity contribution in [2.45, 2.75) is 0 Å². The molecule has 0 saturated carbocycles. The van der Waals surface area contributed by atoms with Crippen LogP contribution in [0.5, 0.6) is 5.75 Å². The maximum atomic E-state index is 5.44. The van der Waals surface area contributed by atoms with Gasteiger partial charge in [-0.3, -0.25) is 5.43 Å². The molecule has 0 amide bonds. The summed E-state index contributed by atoms with van der Waals surface area (Å²) in [6, 6.07) is 21.8. The van der Waals surface area contributed by atoms with Crippen molar-refractivity contribution in [3.8, 4) is 5.75 Å². The normalized spacial score (nSPS) is 10.7. The SMILES string of the molecule is COc1ccc2ccccc2c1/C=N/NC(=S)Nc1ccccc1. The van der Waals surface area contributed by atoms with Gasteiger partial charge in [-0.15, -0.1) is 0 Å². The molecule has 0 atom stereocenters. The summed E-state index contributed by atoms with van der Waals surface area (Å²) < 4.78 is 5.44. The quantitative estimate of drug-likeness (QED) is 0.427. The predicted octanol–water partition coefficient (Wildman–Crippen LogP) is 4.17. The number of hydrazone groups is 1. The van der Waals surface area contributed by atoms with Gasteiger partial charge < -0.3 is 10.1 Å². The molecule has 3 rings (SSSR count). The molecule has 0 aliphatic heterocycles. The van der Waals surface area contributed by atoms with E-state index in [-0.39, 0.29) is 0 Å². The Hall–Kier alpha value is -2.92. The zero-order valence-corrected chi connectivity index (χ0v) is 14.0. The van der Waals surface area contributed by atoms with Crippen molar-refractivity contribution in [3.63, 3.8) is 0 Å². The zero-order chi connectivity index (χ0) is 16.8. The number of ether oxygens (including phenoxy) is 1. The molecule has 0 fully saturated rings. The Morgan fingerprint density at radius 2 is 1.75 bits per heavy atom. The molecule has 0 spiro atoms. The summed E-state index contributed by atoms with van der Waals surface area (Å²) in [5.41, 5.74) is 4.65. The van der Waals surface area contributed by atoms with Gasteiger partial charge in [0.1, 0.15) is 5.75 Å². The average molecular weight is 335 g/mol. The minimum Gasteiger partial charge on any atom is -0.496 e. The number of hydrogen-bond acceptors (Lipinski definition) is 3. The Labute approximate surface area is 146 Å². The van der Waals surface area contributed by atoms with Crippen LogP contribution >= 0.6 is 12.2 Å². The summed E-state index contributed by atoms with van der Waals surface area (Å²) in [5, 5.41) is 9.94. The van der Waals surface area contributed by atoms with E-state index in [4.69, 9.17) is 17.0 Å². The van der Waals surface area contributed by atoms with E-state index < -0.39 is 0 Å². The number of fused-ring (bicyclic) bond motifs is 1. The maximum absolute atomic E-state index is 5.44. The number of nitrogens with one attached hydrogen (secondary N) is 2. The first-order valence-corrected chi connectivity index (χ1v) is 7.89. The van der Waals surface area contributed by atoms with Crippen LogP contribution in [0.2, 0.25) is 0 Å². The molecule has 3 aromatic rings. The second-order valence-electron chi connectivity index (χ2n) is 5.09. The van der Waals surface area contributed by atoms with Gasteiger partial charge in [0.15, 0.2) is 5.11 Å². The Balaban J connectivity index is 1.77. The molecule has 0 bridgehead atoms. The van der Waals surface area contributed by atoms with Crippen LogP contribution in [0, 0.1) is 0 Å². The number of thiocarbonyl (C=S) groups is 1.